The summed E-state index contributed by atoms with van der Waals surface area (Å²) in [6.07, 6.45) is 0. The lowest BCUT2D eigenvalue weighted by atomic mass is 10.1. The number of nitrogens with two attached hydrogens (primary N) is 2. The van der Waals surface area contributed by atoms with Crippen LogP contribution in [0.3, 0.4) is 0 Å². The number of ether oxygens (including phenoxy) is 1. The van der Waals surface area contributed by atoms with Gasteiger partial charge in [-0.3, -0.25) is 4.79 Å². The molecule has 0 aromatic heterocycles. The molecule has 0 bridgehead atoms. The van der Waals surface area contributed by atoms with Crippen molar-refractivity contribution >= 4 is 17.6 Å². The molecule has 2 aromatic carbocycles. The van der Waals surface area contributed by atoms with E-state index >= 15 is 0 Å². The van der Waals surface area contributed by atoms with Gasteiger partial charge in [0.05, 0.1) is 13.7 Å². The Labute approximate surface area is 128 Å². The van der Waals surface area contributed by atoms with Crippen LogP contribution in [0.25, 0.3) is 0 Å². The van der Waals surface area contributed by atoms with Gasteiger partial charge in [0.25, 0.3) is 0 Å². The van der Waals surface area contributed by atoms with E-state index < -0.39 is 5.91 Å². The standard InChI is InChI=1S/C16H18N4O2/c1-22-14-8-6-13(7-9-14)20-16(18)19-10-11-2-4-12(5-3-11)15(17)21/h2-9H,10H2,1H3,(H2,17,21)(H3,18,19,20). The van der Waals surface area contributed by atoms with Crippen molar-refractivity contribution in [2.24, 2.45) is 16.5 Å². The summed E-state index contributed by atoms with van der Waals surface area (Å²) >= 11 is 0. The lowest BCUT2D eigenvalue weighted by Crippen LogP contribution is -2.22. The van der Waals surface area contributed by atoms with E-state index in [1.54, 1.807) is 31.4 Å². The number of benzene rings is 2. The van der Waals surface area contributed by atoms with Gasteiger partial charge in [0.1, 0.15) is 5.75 Å². The monoisotopic (exact) mass is 298 g/mol. The molecule has 114 valence electrons. The highest BCUT2D eigenvalue weighted by Gasteiger charge is 2.00. The number of aliphatic imine (C=N–C) groups is 1. The first kappa shape index (κ1) is 15.4. The highest BCUT2D eigenvalue weighted by atomic mass is 16.5. The Bertz CT molecular complexity index is 664. The number of amides is 1. The quantitative estimate of drug-likeness (QED) is 0.577. The molecule has 0 aliphatic carbocycles. The summed E-state index contributed by atoms with van der Waals surface area (Å²) in [5, 5.41) is 2.99. The molecule has 6 heteroatoms. The first-order chi connectivity index (χ1) is 10.6. The fourth-order valence-electron chi connectivity index (χ4n) is 1.81. The molecule has 0 aliphatic heterocycles. The zero-order valence-corrected chi connectivity index (χ0v) is 12.2. The molecule has 0 atom stereocenters. The molecule has 2 rings (SSSR count). The molecule has 0 spiro atoms. The first-order valence-electron chi connectivity index (χ1n) is 6.68. The van der Waals surface area contributed by atoms with Gasteiger partial charge in [0.2, 0.25) is 5.91 Å². The normalized spacial score (nSPS) is 11.0. The highest BCUT2D eigenvalue weighted by molar-refractivity contribution is 5.93. The molecule has 0 unspecified atom stereocenters. The topological polar surface area (TPSA) is 103 Å². The van der Waals surface area contributed by atoms with E-state index in [2.05, 4.69) is 10.3 Å². The number of anilines is 1. The van der Waals surface area contributed by atoms with Gasteiger partial charge in [-0.1, -0.05) is 12.1 Å². The minimum Gasteiger partial charge on any atom is -0.497 e. The largest absolute Gasteiger partial charge is 0.497 e. The fraction of sp³-hybridized carbons (Fsp3) is 0.125. The van der Waals surface area contributed by atoms with Gasteiger partial charge in [0, 0.05) is 11.3 Å². The Morgan fingerprint density at radius 3 is 2.27 bits per heavy atom. The van der Waals surface area contributed by atoms with Crippen LogP contribution in [0.5, 0.6) is 5.75 Å². The Morgan fingerprint density at radius 2 is 1.73 bits per heavy atom. The van der Waals surface area contributed by atoms with Crippen LogP contribution in [0.15, 0.2) is 53.5 Å². The third-order valence-electron chi connectivity index (χ3n) is 3.03. The molecule has 0 saturated carbocycles. The maximum atomic E-state index is 11.0. The zero-order chi connectivity index (χ0) is 15.9. The average molecular weight is 298 g/mol. The molecule has 1 amide bonds. The fourth-order valence-corrected chi connectivity index (χ4v) is 1.81. The first-order valence-corrected chi connectivity index (χ1v) is 6.68. The lowest BCUT2D eigenvalue weighted by molar-refractivity contribution is 0.100. The molecular weight excluding hydrogens is 280 g/mol. The summed E-state index contributed by atoms with van der Waals surface area (Å²) in [5.41, 5.74) is 13.3. The van der Waals surface area contributed by atoms with Crippen LogP contribution >= 0.6 is 0 Å². The number of hydrogen-bond acceptors (Lipinski definition) is 3. The number of carbonyl (C=O) groups excluding carboxylic acids is 1. The third kappa shape index (κ3) is 4.24. The number of hydrogen-bond donors (Lipinski definition) is 3. The third-order valence-corrected chi connectivity index (χ3v) is 3.03. The van der Waals surface area contributed by atoms with Gasteiger partial charge in [-0.2, -0.15) is 0 Å². The van der Waals surface area contributed by atoms with Crippen molar-refractivity contribution in [3.8, 4) is 5.75 Å². The Morgan fingerprint density at radius 1 is 1.09 bits per heavy atom. The molecule has 0 radical (unpaired) electrons. The molecule has 0 saturated heterocycles. The Balaban J connectivity index is 1.95. The second-order valence-corrected chi connectivity index (χ2v) is 4.62. The van der Waals surface area contributed by atoms with Crippen LogP contribution < -0.4 is 21.5 Å². The lowest BCUT2D eigenvalue weighted by Gasteiger charge is -2.07. The van der Waals surface area contributed by atoms with Crippen molar-refractivity contribution in [1.82, 2.24) is 0 Å². The summed E-state index contributed by atoms with van der Waals surface area (Å²) in [4.78, 5) is 15.2. The van der Waals surface area contributed by atoms with E-state index in [1.807, 2.05) is 24.3 Å². The van der Waals surface area contributed by atoms with E-state index in [0.717, 1.165) is 17.0 Å². The minimum absolute atomic E-state index is 0.309. The van der Waals surface area contributed by atoms with Crippen molar-refractivity contribution in [3.63, 3.8) is 0 Å². The number of methoxy groups -OCH3 is 1. The van der Waals surface area contributed by atoms with Gasteiger partial charge < -0.3 is 21.5 Å². The van der Waals surface area contributed by atoms with E-state index in [1.165, 1.54) is 0 Å². The van der Waals surface area contributed by atoms with Crippen LogP contribution in [0.2, 0.25) is 0 Å². The van der Waals surface area contributed by atoms with Crippen LogP contribution in [0.4, 0.5) is 5.69 Å². The maximum absolute atomic E-state index is 11.0. The minimum atomic E-state index is -0.448. The van der Waals surface area contributed by atoms with E-state index in [-0.39, 0.29) is 0 Å². The highest BCUT2D eigenvalue weighted by Crippen LogP contribution is 2.14. The van der Waals surface area contributed by atoms with Crippen molar-refractivity contribution in [2.75, 3.05) is 12.4 Å². The molecule has 22 heavy (non-hydrogen) atoms. The molecule has 5 N–H and O–H groups in total. The molecule has 0 fully saturated rings. The smallest absolute Gasteiger partial charge is 0.248 e. The summed E-state index contributed by atoms with van der Waals surface area (Å²) in [6, 6.07) is 14.3. The van der Waals surface area contributed by atoms with Crippen molar-refractivity contribution in [3.05, 3.63) is 59.7 Å². The predicted molar refractivity (Wildman–Crippen MR) is 86.9 cm³/mol. The van der Waals surface area contributed by atoms with Gasteiger partial charge in [-0.25, -0.2) is 4.99 Å². The van der Waals surface area contributed by atoms with E-state index in [4.69, 9.17) is 16.2 Å². The molecule has 0 heterocycles. The van der Waals surface area contributed by atoms with Crippen LogP contribution in [-0.2, 0) is 6.54 Å². The van der Waals surface area contributed by atoms with Crippen molar-refractivity contribution in [2.45, 2.75) is 6.54 Å². The second-order valence-electron chi connectivity index (χ2n) is 4.62. The van der Waals surface area contributed by atoms with Gasteiger partial charge in [-0.15, -0.1) is 0 Å². The summed E-state index contributed by atoms with van der Waals surface area (Å²) in [6.45, 7) is 0.411. The zero-order valence-electron chi connectivity index (χ0n) is 12.2. The molecular formula is C16H18N4O2. The Kier molecular flexibility index (Phi) is 4.98. The summed E-state index contributed by atoms with van der Waals surface area (Å²) in [7, 11) is 1.61. The van der Waals surface area contributed by atoms with Crippen molar-refractivity contribution in [1.29, 1.82) is 0 Å². The predicted octanol–water partition coefficient (Wildman–Crippen LogP) is 1.72. The number of guanidine groups is 1. The summed E-state index contributed by atoms with van der Waals surface area (Å²) < 4.78 is 5.08. The number of nitrogens with one attached hydrogen (secondary N) is 1. The van der Waals surface area contributed by atoms with Crippen molar-refractivity contribution < 1.29 is 9.53 Å². The number of primary amides is 1. The molecule has 0 aliphatic rings. The molecule has 6 nitrogen and oxygen atoms in total. The number of carbonyl (C=O) groups is 1. The average Bonchev–Trinajstić information content (AvgIpc) is 2.54. The van der Waals surface area contributed by atoms with Crippen LogP contribution in [-0.4, -0.2) is 19.0 Å². The molecule has 2 aromatic rings. The Hall–Kier alpha value is -3.02. The van der Waals surface area contributed by atoms with Gasteiger partial charge in [0.15, 0.2) is 5.96 Å². The van der Waals surface area contributed by atoms with Gasteiger partial charge in [-0.05, 0) is 42.0 Å². The number of nitrogens with zero attached hydrogens (tertiary/aromatic N) is 1. The second kappa shape index (κ2) is 7.12. The number of rotatable bonds is 5. The van der Waals surface area contributed by atoms with Crippen LogP contribution in [0.1, 0.15) is 15.9 Å². The maximum Gasteiger partial charge on any atom is 0.248 e. The van der Waals surface area contributed by atoms with Crippen LogP contribution in [0, 0.1) is 0 Å². The van der Waals surface area contributed by atoms with Gasteiger partial charge >= 0.3 is 0 Å². The SMILES string of the molecule is COc1ccc(NC(N)=NCc2ccc(C(N)=O)cc2)cc1. The summed E-state index contributed by atoms with van der Waals surface area (Å²) in [5.74, 6) is 0.635. The van der Waals surface area contributed by atoms with E-state index in [9.17, 15) is 4.79 Å². The van der Waals surface area contributed by atoms with E-state index in [0.29, 0.717) is 18.1 Å².